The van der Waals surface area contributed by atoms with Crippen LogP contribution in [-0.2, 0) is 0 Å². The van der Waals surface area contributed by atoms with E-state index >= 15 is 0 Å². The molecule has 0 spiro atoms. The number of hydrogen-bond donors (Lipinski definition) is 3. The molecule has 6 heteroatoms. The summed E-state index contributed by atoms with van der Waals surface area (Å²) in [6.45, 7) is 0. The highest BCUT2D eigenvalue weighted by Gasteiger charge is 2.20. The summed E-state index contributed by atoms with van der Waals surface area (Å²) in [5.41, 5.74) is -1.47. The van der Waals surface area contributed by atoms with Crippen molar-refractivity contribution in [3.63, 3.8) is 0 Å². The summed E-state index contributed by atoms with van der Waals surface area (Å²) in [7, 11) is 5.22. The van der Waals surface area contributed by atoms with Crippen molar-refractivity contribution in [2.45, 2.75) is 0 Å². The van der Waals surface area contributed by atoms with Gasteiger partial charge < -0.3 is 15.3 Å². The van der Waals surface area contributed by atoms with E-state index in [1.165, 1.54) is 12.1 Å². The zero-order valence-electron chi connectivity index (χ0n) is 6.81. The SMILES string of the molecule is [B]c1c(O)c(O)c(C#N)c(O)c1C#N. The topological polar surface area (TPSA) is 108 Å². The molecule has 0 fully saturated rings. The maximum Gasteiger partial charge on any atom is 0.178 e. The number of phenols is 3. The van der Waals surface area contributed by atoms with Gasteiger partial charge in [-0.25, -0.2) is 0 Å². The van der Waals surface area contributed by atoms with Crippen LogP contribution in [0.5, 0.6) is 17.2 Å². The van der Waals surface area contributed by atoms with Gasteiger partial charge in [-0.15, -0.1) is 0 Å². The van der Waals surface area contributed by atoms with Crippen molar-refractivity contribution in [2.24, 2.45) is 0 Å². The van der Waals surface area contributed by atoms with Crippen molar-refractivity contribution in [2.75, 3.05) is 0 Å². The zero-order valence-corrected chi connectivity index (χ0v) is 6.81. The molecule has 0 saturated carbocycles. The van der Waals surface area contributed by atoms with Crippen molar-refractivity contribution in [3.8, 4) is 29.4 Å². The molecule has 2 radical (unpaired) electrons. The van der Waals surface area contributed by atoms with E-state index in [2.05, 4.69) is 0 Å². The van der Waals surface area contributed by atoms with Crippen LogP contribution in [0.1, 0.15) is 11.1 Å². The van der Waals surface area contributed by atoms with E-state index in [9.17, 15) is 5.11 Å². The van der Waals surface area contributed by atoms with Gasteiger partial charge in [0.25, 0.3) is 0 Å². The predicted octanol–water partition coefficient (Wildman–Crippen LogP) is -0.659. The molecule has 3 N–H and O–H groups in total. The number of nitrogens with zero attached hydrogens (tertiary/aromatic N) is 2. The molecule has 1 aromatic rings. The molecule has 0 atom stereocenters. The van der Waals surface area contributed by atoms with Crippen LogP contribution in [0.25, 0.3) is 0 Å². The first kappa shape index (κ1) is 9.75. The second-order valence-electron chi connectivity index (χ2n) is 2.43. The first-order chi connectivity index (χ1) is 6.54. The molecule has 1 rings (SSSR count). The van der Waals surface area contributed by atoms with E-state index in [1.807, 2.05) is 0 Å². The van der Waals surface area contributed by atoms with Crippen LogP contribution in [0.3, 0.4) is 0 Å². The molecule has 14 heavy (non-hydrogen) atoms. The van der Waals surface area contributed by atoms with Crippen LogP contribution < -0.4 is 5.46 Å². The number of hydrogen-bond acceptors (Lipinski definition) is 5. The van der Waals surface area contributed by atoms with Gasteiger partial charge in [-0.05, 0) is 5.46 Å². The number of rotatable bonds is 0. The van der Waals surface area contributed by atoms with Crippen molar-refractivity contribution in [3.05, 3.63) is 11.1 Å². The summed E-state index contributed by atoms with van der Waals surface area (Å²) >= 11 is 0. The van der Waals surface area contributed by atoms with Crippen LogP contribution in [0.4, 0.5) is 0 Å². The number of benzene rings is 1. The summed E-state index contributed by atoms with van der Waals surface area (Å²) in [5, 5.41) is 44.6. The lowest BCUT2D eigenvalue weighted by Gasteiger charge is -2.08. The second-order valence-corrected chi connectivity index (χ2v) is 2.43. The average molecular weight is 186 g/mol. The smallest absolute Gasteiger partial charge is 0.178 e. The largest absolute Gasteiger partial charge is 0.505 e. The molecule has 0 amide bonds. The molecule has 0 heterocycles. The highest BCUT2D eigenvalue weighted by atomic mass is 16.3. The number of phenolic OH excluding ortho intramolecular Hbond substituents is 3. The molecule has 0 aromatic heterocycles. The Hall–Kier alpha value is -2.34. The van der Waals surface area contributed by atoms with Gasteiger partial charge in [-0.1, -0.05) is 0 Å². The number of nitriles is 2. The lowest BCUT2D eigenvalue weighted by atomic mass is 9.87. The van der Waals surface area contributed by atoms with Gasteiger partial charge in [-0.3, -0.25) is 0 Å². The van der Waals surface area contributed by atoms with Gasteiger partial charge in [0, 0.05) is 0 Å². The third-order valence-corrected chi connectivity index (χ3v) is 1.68. The molecule has 0 aliphatic rings. The maximum atomic E-state index is 9.28. The molecule has 0 unspecified atom stereocenters. The van der Waals surface area contributed by atoms with Crippen molar-refractivity contribution in [1.82, 2.24) is 0 Å². The molecule has 0 bridgehead atoms. The normalized spacial score (nSPS) is 9.00. The van der Waals surface area contributed by atoms with Gasteiger partial charge >= 0.3 is 0 Å². The minimum Gasteiger partial charge on any atom is -0.505 e. The molecule has 0 saturated heterocycles. The van der Waals surface area contributed by atoms with Crippen LogP contribution in [0.15, 0.2) is 0 Å². The molecular weight excluding hydrogens is 183 g/mol. The van der Waals surface area contributed by atoms with Gasteiger partial charge in [-0.2, -0.15) is 10.5 Å². The van der Waals surface area contributed by atoms with E-state index in [1.54, 1.807) is 0 Å². The van der Waals surface area contributed by atoms with Crippen LogP contribution in [0, 0.1) is 22.7 Å². The van der Waals surface area contributed by atoms with Crippen LogP contribution in [0.2, 0.25) is 0 Å². The summed E-state index contributed by atoms with van der Waals surface area (Å²) < 4.78 is 0. The Kier molecular flexibility index (Phi) is 2.22. The fourth-order valence-corrected chi connectivity index (χ4v) is 0.948. The van der Waals surface area contributed by atoms with E-state index in [0.717, 1.165) is 0 Å². The maximum absolute atomic E-state index is 9.28. The minimum atomic E-state index is -0.832. The summed E-state index contributed by atoms with van der Waals surface area (Å²) in [5.74, 6) is -2.35. The first-order valence-corrected chi connectivity index (χ1v) is 3.41. The van der Waals surface area contributed by atoms with Crippen LogP contribution in [-0.4, -0.2) is 23.2 Å². The molecule has 0 aliphatic heterocycles. The van der Waals surface area contributed by atoms with E-state index in [4.69, 9.17) is 28.6 Å². The molecule has 1 aromatic carbocycles. The van der Waals surface area contributed by atoms with Gasteiger partial charge in [0.2, 0.25) is 0 Å². The Balaban J connectivity index is 3.78. The van der Waals surface area contributed by atoms with E-state index < -0.39 is 33.8 Å². The molecule has 5 nitrogen and oxygen atoms in total. The Bertz CT molecular complexity index is 444. The third-order valence-electron chi connectivity index (χ3n) is 1.68. The fraction of sp³-hybridized carbons (Fsp3) is 0. The summed E-state index contributed by atoms with van der Waals surface area (Å²) in [4.78, 5) is 0. The molecular formula is C8H3BN2O3. The number of aromatic hydroxyl groups is 3. The predicted molar refractivity (Wildman–Crippen MR) is 46.3 cm³/mol. The standard InChI is InChI=1S/C8H3BN2O3/c9-5-3(1-10)6(12)4(2-11)7(13)8(5)14/h12-14H. The van der Waals surface area contributed by atoms with Gasteiger partial charge in [0.05, 0.1) is 5.56 Å². The first-order valence-electron chi connectivity index (χ1n) is 3.41. The highest BCUT2D eigenvalue weighted by molar-refractivity contribution is 6.36. The second kappa shape index (κ2) is 3.19. The molecule has 66 valence electrons. The lowest BCUT2D eigenvalue weighted by Crippen LogP contribution is -2.10. The van der Waals surface area contributed by atoms with E-state index in [-0.39, 0.29) is 0 Å². The Labute approximate surface area is 80.5 Å². The zero-order chi connectivity index (χ0) is 10.9. The quantitative estimate of drug-likeness (QED) is 0.283. The van der Waals surface area contributed by atoms with Crippen molar-refractivity contribution in [1.29, 1.82) is 10.5 Å². The molecule has 0 aliphatic carbocycles. The van der Waals surface area contributed by atoms with E-state index in [0.29, 0.717) is 0 Å². The highest BCUT2D eigenvalue weighted by Crippen LogP contribution is 2.35. The van der Waals surface area contributed by atoms with Gasteiger partial charge in [0.1, 0.15) is 25.5 Å². The summed E-state index contributed by atoms with van der Waals surface area (Å²) in [6.07, 6.45) is 0. The lowest BCUT2D eigenvalue weighted by molar-refractivity contribution is 0.397. The average Bonchev–Trinajstić information content (AvgIpc) is 2.16. The van der Waals surface area contributed by atoms with Gasteiger partial charge in [0.15, 0.2) is 17.2 Å². The summed E-state index contributed by atoms with van der Waals surface area (Å²) in [6, 6.07) is 2.95. The third kappa shape index (κ3) is 1.10. The van der Waals surface area contributed by atoms with Crippen molar-refractivity contribution < 1.29 is 15.3 Å². The minimum absolute atomic E-state index is 0.433. The van der Waals surface area contributed by atoms with Crippen molar-refractivity contribution >= 4 is 13.3 Å². The Morgan fingerprint density at radius 2 is 1.36 bits per heavy atom. The van der Waals surface area contributed by atoms with Crippen LogP contribution >= 0.6 is 0 Å². The fourth-order valence-electron chi connectivity index (χ4n) is 0.948. The Morgan fingerprint density at radius 3 is 1.79 bits per heavy atom. The monoisotopic (exact) mass is 186 g/mol. The Morgan fingerprint density at radius 1 is 0.857 bits per heavy atom.